The minimum absolute atomic E-state index is 0.0855. The maximum absolute atomic E-state index is 12.1. The van der Waals surface area contributed by atoms with Gasteiger partial charge in [0, 0.05) is 0 Å². The minimum atomic E-state index is -0.416. The van der Waals surface area contributed by atoms with Crippen molar-refractivity contribution in [1.82, 2.24) is 9.55 Å². The van der Waals surface area contributed by atoms with Gasteiger partial charge in [-0.15, -0.1) is 11.6 Å². The van der Waals surface area contributed by atoms with Crippen LogP contribution in [0.2, 0.25) is 0 Å². The molecular weight excluding hydrogens is 276 g/mol. The molecule has 0 N–H and O–H groups in total. The first kappa shape index (κ1) is 14.9. The summed E-state index contributed by atoms with van der Waals surface area (Å²) < 4.78 is 6.85. The van der Waals surface area contributed by atoms with E-state index in [1.807, 2.05) is 43.5 Å². The summed E-state index contributed by atoms with van der Waals surface area (Å²) in [5.74, 6) is 0.763. The Hall–Kier alpha value is -1.55. The van der Waals surface area contributed by atoms with E-state index >= 15 is 0 Å². The van der Waals surface area contributed by atoms with Crippen LogP contribution in [0.3, 0.4) is 0 Å². The van der Waals surface area contributed by atoms with Gasteiger partial charge in [-0.05, 0) is 30.5 Å². The number of methoxy groups -OCH3 is 1. The zero-order valence-electron chi connectivity index (χ0n) is 12.2. The molecule has 5 heteroatoms. The molecule has 0 saturated carbocycles. The number of alkyl halides is 1. The van der Waals surface area contributed by atoms with Crippen LogP contribution in [-0.2, 0) is 15.4 Å². The van der Waals surface area contributed by atoms with Crippen molar-refractivity contribution in [2.45, 2.75) is 32.7 Å². The Morgan fingerprint density at radius 3 is 2.70 bits per heavy atom. The lowest BCUT2D eigenvalue weighted by Crippen LogP contribution is -2.27. The van der Waals surface area contributed by atoms with E-state index in [0.29, 0.717) is 5.82 Å². The summed E-state index contributed by atoms with van der Waals surface area (Å²) in [4.78, 5) is 16.7. The fourth-order valence-electron chi connectivity index (χ4n) is 2.45. The number of carbonyl (C=O) groups excluding carboxylic acids is 1. The van der Waals surface area contributed by atoms with Crippen LogP contribution in [0.1, 0.15) is 31.3 Å². The van der Waals surface area contributed by atoms with Crippen LogP contribution in [0.5, 0.6) is 0 Å². The number of ether oxygens (including phenoxy) is 1. The fraction of sp³-hybridized carbons (Fsp3) is 0.467. The standard InChI is InChI=1S/C15H19ClN2O2/c1-9(2)14(15(19)20-4)18-12-7-10(3)5-6-11(12)17-13(18)8-16/h5-7,9,14H,8H2,1-4H3. The molecule has 108 valence electrons. The van der Waals surface area contributed by atoms with Crippen LogP contribution in [0, 0.1) is 12.8 Å². The number of hydrogen-bond donors (Lipinski definition) is 0. The Kier molecular flexibility index (Phi) is 4.33. The van der Waals surface area contributed by atoms with Crippen molar-refractivity contribution in [1.29, 1.82) is 0 Å². The number of nitrogens with zero attached hydrogens (tertiary/aromatic N) is 2. The van der Waals surface area contributed by atoms with E-state index in [1.54, 1.807) is 0 Å². The summed E-state index contributed by atoms with van der Waals surface area (Å²) in [5, 5.41) is 0. The lowest BCUT2D eigenvalue weighted by Gasteiger charge is -2.22. The third kappa shape index (κ3) is 2.52. The van der Waals surface area contributed by atoms with Gasteiger partial charge in [-0.25, -0.2) is 9.78 Å². The zero-order valence-corrected chi connectivity index (χ0v) is 12.9. The molecule has 0 amide bonds. The highest BCUT2D eigenvalue weighted by atomic mass is 35.5. The number of fused-ring (bicyclic) bond motifs is 1. The van der Waals surface area contributed by atoms with E-state index < -0.39 is 6.04 Å². The van der Waals surface area contributed by atoms with Crippen molar-refractivity contribution in [2.75, 3.05) is 7.11 Å². The molecule has 1 atom stereocenters. The third-order valence-electron chi connectivity index (χ3n) is 3.39. The molecule has 0 aliphatic carbocycles. The first-order valence-electron chi connectivity index (χ1n) is 6.60. The average molecular weight is 295 g/mol. The number of aromatic nitrogens is 2. The van der Waals surface area contributed by atoms with Gasteiger partial charge in [0.25, 0.3) is 0 Å². The molecule has 20 heavy (non-hydrogen) atoms. The number of carbonyl (C=O) groups is 1. The molecule has 1 aromatic heterocycles. The Labute approximate surface area is 123 Å². The van der Waals surface area contributed by atoms with Crippen LogP contribution in [0.15, 0.2) is 18.2 Å². The summed E-state index contributed by atoms with van der Waals surface area (Å²) in [6.45, 7) is 5.99. The van der Waals surface area contributed by atoms with Gasteiger partial charge in [0.1, 0.15) is 11.9 Å². The van der Waals surface area contributed by atoms with E-state index in [9.17, 15) is 4.79 Å². The first-order chi connectivity index (χ1) is 9.49. The Bertz CT molecular complexity index is 634. The smallest absolute Gasteiger partial charge is 0.329 e. The summed E-state index contributed by atoms with van der Waals surface area (Å²) in [6.07, 6.45) is 0. The van der Waals surface area contributed by atoms with Crippen molar-refractivity contribution in [3.8, 4) is 0 Å². The molecule has 0 bridgehead atoms. The van der Waals surface area contributed by atoms with Gasteiger partial charge in [-0.3, -0.25) is 0 Å². The van der Waals surface area contributed by atoms with Gasteiger partial charge in [-0.1, -0.05) is 19.9 Å². The summed E-state index contributed by atoms with van der Waals surface area (Å²) >= 11 is 6.00. The topological polar surface area (TPSA) is 44.1 Å². The molecule has 4 nitrogen and oxygen atoms in total. The number of rotatable bonds is 4. The van der Waals surface area contributed by atoms with E-state index in [4.69, 9.17) is 16.3 Å². The lowest BCUT2D eigenvalue weighted by molar-refractivity contribution is -0.145. The van der Waals surface area contributed by atoms with E-state index in [0.717, 1.165) is 16.6 Å². The summed E-state index contributed by atoms with van der Waals surface area (Å²) in [7, 11) is 1.41. The maximum atomic E-state index is 12.1. The monoisotopic (exact) mass is 294 g/mol. The van der Waals surface area contributed by atoms with Gasteiger partial charge < -0.3 is 9.30 Å². The maximum Gasteiger partial charge on any atom is 0.329 e. The van der Waals surface area contributed by atoms with Gasteiger partial charge in [0.15, 0.2) is 0 Å². The molecule has 0 aliphatic heterocycles. The number of aryl methyl sites for hydroxylation is 1. The second-order valence-corrected chi connectivity index (χ2v) is 5.50. The highest BCUT2D eigenvalue weighted by Gasteiger charge is 2.28. The number of hydrogen-bond acceptors (Lipinski definition) is 3. The van der Waals surface area contributed by atoms with Crippen molar-refractivity contribution >= 4 is 28.6 Å². The largest absolute Gasteiger partial charge is 0.467 e. The number of imidazole rings is 1. The quantitative estimate of drug-likeness (QED) is 0.641. The highest BCUT2D eigenvalue weighted by molar-refractivity contribution is 6.16. The van der Waals surface area contributed by atoms with Crippen molar-refractivity contribution < 1.29 is 9.53 Å². The number of halogens is 1. The Morgan fingerprint density at radius 2 is 2.15 bits per heavy atom. The molecule has 0 spiro atoms. The van der Waals surface area contributed by atoms with Crippen LogP contribution in [0.4, 0.5) is 0 Å². The van der Waals surface area contributed by atoms with Gasteiger partial charge in [0.2, 0.25) is 0 Å². The van der Waals surface area contributed by atoms with E-state index in [-0.39, 0.29) is 17.8 Å². The molecule has 2 aromatic rings. The molecule has 1 aromatic carbocycles. The van der Waals surface area contributed by atoms with Crippen molar-refractivity contribution in [3.05, 3.63) is 29.6 Å². The zero-order chi connectivity index (χ0) is 14.9. The fourth-order valence-corrected chi connectivity index (χ4v) is 2.64. The SMILES string of the molecule is COC(=O)C(C(C)C)n1c(CCl)nc2ccc(C)cc21. The molecule has 0 fully saturated rings. The number of benzene rings is 1. The van der Waals surface area contributed by atoms with Crippen molar-refractivity contribution in [2.24, 2.45) is 5.92 Å². The molecule has 1 unspecified atom stereocenters. The van der Waals surface area contributed by atoms with Gasteiger partial charge in [0.05, 0.1) is 24.0 Å². The summed E-state index contributed by atoms with van der Waals surface area (Å²) in [6, 6.07) is 5.56. The van der Waals surface area contributed by atoms with Crippen LogP contribution < -0.4 is 0 Å². The molecule has 1 heterocycles. The van der Waals surface area contributed by atoms with Gasteiger partial charge >= 0.3 is 5.97 Å². The molecule has 0 aliphatic rings. The predicted molar refractivity (Wildman–Crippen MR) is 79.9 cm³/mol. The van der Waals surface area contributed by atoms with Crippen LogP contribution >= 0.6 is 11.6 Å². The van der Waals surface area contributed by atoms with E-state index in [2.05, 4.69) is 4.98 Å². The first-order valence-corrected chi connectivity index (χ1v) is 7.14. The molecule has 0 saturated heterocycles. The third-order valence-corrected chi connectivity index (χ3v) is 3.63. The second-order valence-electron chi connectivity index (χ2n) is 5.24. The molecule has 0 radical (unpaired) electrons. The average Bonchev–Trinajstić information content (AvgIpc) is 2.76. The lowest BCUT2D eigenvalue weighted by atomic mass is 10.0. The van der Waals surface area contributed by atoms with Crippen LogP contribution in [0.25, 0.3) is 11.0 Å². The second kappa shape index (κ2) is 5.83. The minimum Gasteiger partial charge on any atom is -0.467 e. The Morgan fingerprint density at radius 1 is 1.45 bits per heavy atom. The summed E-state index contributed by atoms with van der Waals surface area (Å²) in [5.41, 5.74) is 2.89. The Balaban J connectivity index is 2.71. The number of esters is 1. The van der Waals surface area contributed by atoms with Crippen molar-refractivity contribution in [3.63, 3.8) is 0 Å². The van der Waals surface area contributed by atoms with Gasteiger partial charge in [-0.2, -0.15) is 0 Å². The normalized spacial score (nSPS) is 12.9. The molecule has 2 rings (SSSR count). The molecular formula is C15H19ClN2O2. The van der Waals surface area contributed by atoms with E-state index in [1.165, 1.54) is 7.11 Å². The van der Waals surface area contributed by atoms with Crippen LogP contribution in [-0.4, -0.2) is 22.6 Å². The predicted octanol–water partition coefficient (Wildman–Crippen LogP) is 3.45. The highest BCUT2D eigenvalue weighted by Crippen LogP contribution is 2.28.